The molecule has 1 aliphatic rings. The maximum Gasteiger partial charge on any atom is 0.354 e. The number of carbonyl (C=O) groups excluding carboxylic acids is 1. The first-order valence-corrected chi connectivity index (χ1v) is 7.62. The number of hydrogen-bond acceptors (Lipinski definition) is 4. The summed E-state index contributed by atoms with van der Waals surface area (Å²) in [5.41, 5.74) is 1.69. The molecule has 1 fully saturated rings. The largest absolute Gasteiger partial charge is 0.464 e. The van der Waals surface area contributed by atoms with E-state index in [-0.39, 0.29) is 5.97 Å². The van der Waals surface area contributed by atoms with Crippen LogP contribution in [-0.2, 0) is 11.3 Å². The minimum absolute atomic E-state index is 0.302. The van der Waals surface area contributed by atoms with Crippen molar-refractivity contribution in [3.63, 3.8) is 0 Å². The average Bonchev–Trinajstić information content (AvgIpc) is 3.00. The third-order valence-electron chi connectivity index (χ3n) is 3.39. The maximum atomic E-state index is 11.4. The molecule has 5 heteroatoms. The summed E-state index contributed by atoms with van der Waals surface area (Å²) in [6.45, 7) is 2.07. The van der Waals surface area contributed by atoms with Crippen molar-refractivity contribution in [2.24, 2.45) is 0 Å². The molecule has 1 saturated heterocycles. The van der Waals surface area contributed by atoms with Crippen molar-refractivity contribution in [2.75, 3.05) is 25.7 Å². The van der Waals surface area contributed by atoms with Crippen LogP contribution < -0.4 is 0 Å². The standard InChI is InChI=1S/C13H20N2O2S/c1-17-13(16)12-6-10(7-14-12)8-15-5-3-4-11(15)9-18-2/h6-7,11,14H,3-5,8-9H2,1-2H3/t11-/m0/s1. The Kier molecular flexibility index (Phi) is 4.72. The molecule has 0 aromatic carbocycles. The summed E-state index contributed by atoms with van der Waals surface area (Å²) in [4.78, 5) is 16.8. The van der Waals surface area contributed by atoms with E-state index in [2.05, 4.69) is 16.1 Å². The smallest absolute Gasteiger partial charge is 0.354 e. The number of nitrogens with one attached hydrogen (secondary N) is 1. The lowest BCUT2D eigenvalue weighted by atomic mass is 10.2. The summed E-state index contributed by atoms with van der Waals surface area (Å²) in [5, 5.41) is 0. The van der Waals surface area contributed by atoms with Crippen LogP contribution in [0.3, 0.4) is 0 Å². The highest BCUT2D eigenvalue weighted by Gasteiger charge is 2.24. The zero-order valence-corrected chi connectivity index (χ0v) is 11.8. The molecule has 0 radical (unpaired) electrons. The highest BCUT2D eigenvalue weighted by atomic mass is 32.2. The van der Waals surface area contributed by atoms with Crippen molar-refractivity contribution in [1.29, 1.82) is 0 Å². The minimum atomic E-state index is -0.302. The van der Waals surface area contributed by atoms with Gasteiger partial charge in [0.05, 0.1) is 7.11 Å². The number of thioether (sulfide) groups is 1. The quantitative estimate of drug-likeness (QED) is 0.831. The molecule has 1 aromatic heterocycles. The van der Waals surface area contributed by atoms with Gasteiger partial charge in [-0.15, -0.1) is 0 Å². The summed E-state index contributed by atoms with van der Waals surface area (Å²) in [7, 11) is 1.40. The molecule has 0 spiro atoms. The summed E-state index contributed by atoms with van der Waals surface area (Å²) < 4.78 is 4.69. The van der Waals surface area contributed by atoms with Crippen LogP contribution in [0.1, 0.15) is 28.9 Å². The van der Waals surface area contributed by atoms with Crippen molar-refractivity contribution in [3.8, 4) is 0 Å². The number of likely N-dealkylation sites (tertiary alicyclic amines) is 1. The van der Waals surface area contributed by atoms with Gasteiger partial charge >= 0.3 is 5.97 Å². The minimum Gasteiger partial charge on any atom is -0.464 e. The highest BCUT2D eigenvalue weighted by Crippen LogP contribution is 2.22. The van der Waals surface area contributed by atoms with E-state index in [1.54, 1.807) is 0 Å². The fraction of sp³-hybridized carbons (Fsp3) is 0.615. The van der Waals surface area contributed by atoms with E-state index in [1.165, 1.54) is 25.7 Å². The molecule has 18 heavy (non-hydrogen) atoms. The SMILES string of the molecule is COC(=O)c1cc(CN2CCC[C@H]2CSC)c[nH]1. The molecule has 1 aliphatic heterocycles. The third-order valence-corrected chi connectivity index (χ3v) is 4.11. The van der Waals surface area contributed by atoms with Crippen molar-refractivity contribution in [3.05, 3.63) is 23.5 Å². The molecule has 2 heterocycles. The normalized spacial score (nSPS) is 20.2. The Hall–Kier alpha value is -0.940. The van der Waals surface area contributed by atoms with Gasteiger partial charge in [-0.2, -0.15) is 11.8 Å². The van der Waals surface area contributed by atoms with Crippen molar-refractivity contribution >= 4 is 17.7 Å². The molecule has 0 aliphatic carbocycles. The summed E-state index contributed by atoms with van der Waals surface area (Å²) in [5.74, 6) is 0.886. The molecule has 1 N–H and O–H groups in total. The number of nitrogens with zero attached hydrogens (tertiary/aromatic N) is 1. The molecule has 1 atom stereocenters. The van der Waals surface area contributed by atoms with Crippen molar-refractivity contribution in [2.45, 2.75) is 25.4 Å². The molecule has 1 aromatic rings. The first kappa shape index (κ1) is 13.5. The van der Waals surface area contributed by atoms with Crippen LogP contribution in [0.5, 0.6) is 0 Å². The van der Waals surface area contributed by atoms with Gasteiger partial charge in [0.2, 0.25) is 0 Å². The second-order valence-corrected chi connectivity index (χ2v) is 5.55. The van der Waals surface area contributed by atoms with E-state index in [1.807, 2.05) is 24.0 Å². The zero-order valence-electron chi connectivity index (χ0n) is 10.9. The second-order valence-electron chi connectivity index (χ2n) is 4.64. The van der Waals surface area contributed by atoms with Gasteiger partial charge in [-0.05, 0) is 37.3 Å². The number of esters is 1. The molecular weight excluding hydrogens is 248 g/mol. The summed E-state index contributed by atoms with van der Waals surface area (Å²) >= 11 is 1.90. The Labute approximate surface area is 112 Å². The Bertz CT molecular complexity index is 405. The second kappa shape index (κ2) is 6.29. The van der Waals surface area contributed by atoms with Gasteiger partial charge in [-0.3, -0.25) is 4.90 Å². The Balaban J connectivity index is 1.96. The van der Waals surface area contributed by atoms with E-state index >= 15 is 0 Å². The number of methoxy groups -OCH3 is 1. The highest BCUT2D eigenvalue weighted by molar-refractivity contribution is 7.98. The number of hydrogen-bond donors (Lipinski definition) is 1. The maximum absolute atomic E-state index is 11.4. The topological polar surface area (TPSA) is 45.3 Å². The van der Waals surface area contributed by atoms with Gasteiger partial charge in [0, 0.05) is 24.5 Å². The van der Waals surface area contributed by atoms with Gasteiger partial charge in [-0.25, -0.2) is 4.79 Å². The number of aromatic nitrogens is 1. The van der Waals surface area contributed by atoms with E-state index < -0.39 is 0 Å². The van der Waals surface area contributed by atoms with Gasteiger partial charge in [-0.1, -0.05) is 0 Å². The van der Waals surface area contributed by atoms with E-state index in [0.29, 0.717) is 11.7 Å². The van der Waals surface area contributed by atoms with Gasteiger partial charge < -0.3 is 9.72 Å². The Morgan fingerprint density at radius 3 is 3.22 bits per heavy atom. The number of carbonyl (C=O) groups is 1. The molecular formula is C13H20N2O2S. The summed E-state index contributed by atoms with van der Waals surface area (Å²) in [6, 6.07) is 2.57. The lowest BCUT2D eigenvalue weighted by molar-refractivity contribution is 0.0595. The van der Waals surface area contributed by atoms with Crippen molar-refractivity contribution in [1.82, 2.24) is 9.88 Å². The van der Waals surface area contributed by atoms with E-state index in [4.69, 9.17) is 4.74 Å². The fourth-order valence-corrected chi connectivity index (χ4v) is 3.24. The molecule has 0 unspecified atom stereocenters. The van der Waals surface area contributed by atoms with Crippen LogP contribution in [-0.4, -0.2) is 47.6 Å². The monoisotopic (exact) mass is 268 g/mol. The molecule has 4 nitrogen and oxygen atoms in total. The lowest BCUT2D eigenvalue weighted by Crippen LogP contribution is -2.30. The van der Waals surface area contributed by atoms with Crippen LogP contribution >= 0.6 is 11.8 Å². The Morgan fingerprint density at radius 2 is 2.50 bits per heavy atom. The first-order valence-electron chi connectivity index (χ1n) is 6.23. The van der Waals surface area contributed by atoms with Gasteiger partial charge in [0.15, 0.2) is 0 Å². The molecule has 0 amide bonds. The van der Waals surface area contributed by atoms with Gasteiger partial charge in [0.1, 0.15) is 5.69 Å². The molecule has 0 saturated carbocycles. The Morgan fingerprint density at radius 1 is 1.67 bits per heavy atom. The predicted molar refractivity (Wildman–Crippen MR) is 73.9 cm³/mol. The predicted octanol–water partition coefficient (Wildman–Crippen LogP) is 2.13. The van der Waals surface area contributed by atoms with Crippen LogP contribution in [0.25, 0.3) is 0 Å². The summed E-state index contributed by atoms with van der Waals surface area (Å²) in [6.07, 6.45) is 6.62. The third kappa shape index (κ3) is 3.09. The first-order chi connectivity index (χ1) is 8.74. The van der Waals surface area contributed by atoms with Crippen LogP contribution in [0.15, 0.2) is 12.3 Å². The van der Waals surface area contributed by atoms with Crippen molar-refractivity contribution < 1.29 is 9.53 Å². The van der Waals surface area contributed by atoms with Crippen LogP contribution in [0.2, 0.25) is 0 Å². The lowest BCUT2D eigenvalue weighted by Gasteiger charge is -2.23. The average molecular weight is 268 g/mol. The molecule has 100 valence electrons. The van der Waals surface area contributed by atoms with Gasteiger partial charge in [0.25, 0.3) is 0 Å². The van der Waals surface area contributed by atoms with Crippen LogP contribution in [0, 0.1) is 0 Å². The number of H-pyrrole nitrogens is 1. The fourth-order valence-electron chi connectivity index (χ4n) is 2.48. The molecule has 0 bridgehead atoms. The zero-order chi connectivity index (χ0) is 13.0. The number of rotatable bonds is 5. The number of ether oxygens (including phenoxy) is 1. The molecule has 2 rings (SSSR count). The van der Waals surface area contributed by atoms with E-state index in [0.717, 1.165) is 18.7 Å². The van der Waals surface area contributed by atoms with Crippen LogP contribution in [0.4, 0.5) is 0 Å². The number of aromatic amines is 1. The van der Waals surface area contributed by atoms with E-state index in [9.17, 15) is 4.79 Å².